The van der Waals surface area contributed by atoms with E-state index >= 15 is 0 Å². The van der Waals surface area contributed by atoms with Crippen molar-refractivity contribution in [3.05, 3.63) is 57.7 Å². The monoisotopic (exact) mass is 365 g/mol. The predicted octanol–water partition coefficient (Wildman–Crippen LogP) is 2.27. The molecule has 4 rings (SSSR count). The van der Waals surface area contributed by atoms with Crippen molar-refractivity contribution in [2.75, 3.05) is 0 Å². The van der Waals surface area contributed by atoms with Crippen molar-refractivity contribution in [1.82, 2.24) is 14.7 Å². The smallest absolute Gasteiger partial charge is 0.269 e. The summed E-state index contributed by atoms with van der Waals surface area (Å²) >= 11 is 0. The van der Waals surface area contributed by atoms with Gasteiger partial charge in [0.15, 0.2) is 5.82 Å². The van der Waals surface area contributed by atoms with Gasteiger partial charge in [0.2, 0.25) is 11.6 Å². The third-order valence-corrected chi connectivity index (χ3v) is 4.51. The minimum Gasteiger partial charge on any atom is -0.507 e. The zero-order valence-electron chi connectivity index (χ0n) is 14.4. The minimum atomic E-state index is -0.742. The van der Waals surface area contributed by atoms with Crippen LogP contribution in [0.1, 0.15) is 30.6 Å². The van der Waals surface area contributed by atoms with Crippen LogP contribution in [0, 0.1) is 6.92 Å². The van der Waals surface area contributed by atoms with Gasteiger partial charge in [0.05, 0.1) is 5.56 Å². The van der Waals surface area contributed by atoms with Gasteiger partial charge in [-0.05, 0) is 38.0 Å². The summed E-state index contributed by atoms with van der Waals surface area (Å²) in [5.41, 5.74) is -0.391. The fourth-order valence-corrected chi connectivity index (χ4v) is 3.19. The first kappa shape index (κ1) is 16.9. The number of rotatable bonds is 2. The molecule has 136 valence electrons. The number of pyridine rings is 2. The number of aromatic nitrogens is 3. The summed E-state index contributed by atoms with van der Waals surface area (Å²) in [7, 11) is 0. The number of hydrogen-bond donors (Lipinski definition) is 1. The molecular weight excluding hydrogens is 350 g/mol. The standard InChI is InChI=1S/C19H15N3O5/c1-10-8-15(21-27-10)22-18-11(4-3-7-20-18)9-13(19(22)26)16(24)12-5-2-6-14(23)17(12)25/h3-4,7-9,24H,2,5-6H2,1H3. The molecule has 27 heavy (non-hydrogen) atoms. The molecule has 1 fully saturated rings. The van der Waals surface area contributed by atoms with Crippen LogP contribution in [0.2, 0.25) is 0 Å². The topological polar surface area (TPSA) is 115 Å². The Hall–Kier alpha value is -3.55. The van der Waals surface area contributed by atoms with E-state index in [0.29, 0.717) is 23.2 Å². The molecule has 3 aromatic heterocycles. The van der Waals surface area contributed by atoms with Crippen LogP contribution in [0.4, 0.5) is 0 Å². The first-order valence-corrected chi connectivity index (χ1v) is 8.42. The van der Waals surface area contributed by atoms with Crippen LogP contribution < -0.4 is 5.56 Å². The molecule has 1 saturated carbocycles. The van der Waals surface area contributed by atoms with E-state index in [2.05, 4.69) is 10.1 Å². The Balaban J connectivity index is 2.03. The molecule has 0 bridgehead atoms. The summed E-state index contributed by atoms with van der Waals surface area (Å²) in [6.07, 6.45) is 2.38. The Kier molecular flexibility index (Phi) is 3.95. The van der Waals surface area contributed by atoms with Crippen molar-refractivity contribution >= 4 is 28.4 Å². The molecular formula is C19H15N3O5. The highest BCUT2D eigenvalue weighted by molar-refractivity contribution is 6.45. The van der Waals surface area contributed by atoms with Gasteiger partial charge in [0, 0.05) is 29.6 Å². The Morgan fingerprint density at radius 3 is 2.78 bits per heavy atom. The van der Waals surface area contributed by atoms with Crippen LogP contribution in [-0.2, 0) is 9.59 Å². The molecule has 8 nitrogen and oxygen atoms in total. The number of hydrogen-bond acceptors (Lipinski definition) is 7. The fourth-order valence-electron chi connectivity index (χ4n) is 3.19. The maximum absolute atomic E-state index is 13.1. The van der Waals surface area contributed by atoms with Crippen molar-refractivity contribution < 1.29 is 19.2 Å². The van der Waals surface area contributed by atoms with Gasteiger partial charge in [-0.3, -0.25) is 14.4 Å². The van der Waals surface area contributed by atoms with Crippen LogP contribution in [0.15, 0.2) is 45.4 Å². The van der Waals surface area contributed by atoms with Gasteiger partial charge in [-0.15, -0.1) is 0 Å². The number of nitrogens with zero attached hydrogens (tertiary/aromatic N) is 3. The lowest BCUT2D eigenvalue weighted by Gasteiger charge is -2.15. The van der Waals surface area contributed by atoms with Crippen molar-refractivity contribution in [1.29, 1.82) is 0 Å². The van der Waals surface area contributed by atoms with Crippen LogP contribution in [0.3, 0.4) is 0 Å². The fraction of sp³-hybridized carbons (Fsp3) is 0.211. The second kappa shape index (κ2) is 6.31. The number of aliphatic hydroxyl groups excluding tert-OH is 1. The van der Waals surface area contributed by atoms with Crippen molar-refractivity contribution in [2.24, 2.45) is 0 Å². The third-order valence-electron chi connectivity index (χ3n) is 4.51. The van der Waals surface area contributed by atoms with Crippen molar-refractivity contribution in [2.45, 2.75) is 26.2 Å². The number of ketones is 2. The number of fused-ring (bicyclic) bond motifs is 1. The molecule has 0 unspecified atom stereocenters. The van der Waals surface area contributed by atoms with Gasteiger partial charge in [-0.2, -0.15) is 0 Å². The van der Waals surface area contributed by atoms with E-state index < -0.39 is 22.9 Å². The molecule has 0 saturated heterocycles. The van der Waals surface area contributed by atoms with Crippen LogP contribution >= 0.6 is 0 Å². The maximum atomic E-state index is 13.1. The summed E-state index contributed by atoms with van der Waals surface area (Å²) in [6, 6.07) is 6.44. The third kappa shape index (κ3) is 2.75. The number of aryl methyl sites for hydroxylation is 1. The van der Waals surface area contributed by atoms with E-state index in [4.69, 9.17) is 4.52 Å². The van der Waals surface area contributed by atoms with Gasteiger partial charge in [-0.25, -0.2) is 9.55 Å². The summed E-state index contributed by atoms with van der Waals surface area (Å²) in [5.74, 6) is -1.06. The first-order chi connectivity index (χ1) is 13.0. The Labute approximate surface area is 152 Å². The van der Waals surface area contributed by atoms with Gasteiger partial charge < -0.3 is 9.63 Å². The lowest BCUT2D eigenvalue weighted by Crippen LogP contribution is -2.26. The molecule has 0 spiro atoms. The second-order valence-electron chi connectivity index (χ2n) is 6.34. The van der Waals surface area contributed by atoms with Gasteiger partial charge in [0.25, 0.3) is 5.56 Å². The van der Waals surface area contributed by atoms with E-state index in [-0.39, 0.29) is 29.8 Å². The highest BCUT2D eigenvalue weighted by Crippen LogP contribution is 2.26. The average molecular weight is 365 g/mol. The SMILES string of the molecule is Cc1cc(-n2c(=O)c(C(O)=C3CCCC(=O)C3=O)cc3cccnc32)no1. The molecule has 1 aliphatic carbocycles. The summed E-state index contributed by atoms with van der Waals surface area (Å²) in [5, 5.41) is 15.1. The molecule has 0 aliphatic heterocycles. The van der Waals surface area contributed by atoms with E-state index in [1.807, 2.05) is 0 Å². The minimum absolute atomic E-state index is 0.0329. The molecule has 1 N–H and O–H groups in total. The zero-order chi connectivity index (χ0) is 19.1. The van der Waals surface area contributed by atoms with E-state index in [1.165, 1.54) is 16.8 Å². The van der Waals surface area contributed by atoms with Gasteiger partial charge in [0.1, 0.15) is 17.2 Å². The van der Waals surface area contributed by atoms with E-state index in [1.54, 1.807) is 25.1 Å². The molecule has 1 aliphatic rings. The average Bonchev–Trinajstić information content (AvgIpc) is 3.08. The predicted molar refractivity (Wildman–Crippen MR) is 95.6 cm³/mol. The molecule has 3 heterocycles. The number of carbonyl (C=O) groups is 2. The van der Waals surface area contributed by atoms with Crippen LogP contribution in [-0.4, -0.2) is 31.4 Å². The lowest BCUT2D eigenvalue weighted by molar-refractivity contribution is -0.135. The molecule has 0 atom stereocenters. The maximum Gasteiger partial charge on any atom is 0.269 e. The Morgan fingerprint density at radius 1 is 1.22 bits per heavy atom. The highest BCUT2D eigenvalue weighted by Gasteiger charge is 2.29. The quantitative estimate of drug-likeness (QED) is 0.421. The number of carbonyl (C=O) groups excluding carboxylic acids is 2. The normalized spacial score (nSPS) is 16.8. The molecule has 3 aromatic rings. The van der Waals surface area contributed by atoms with Gasteiger partial charge >= 0.3 is 0 Å². The molecule has 8 heteroatoms. The summed E-state index contributed by atoms with van der Waals surface area (Å²) in [4.78, 5) is 41.2. The number of allylic oxidation sites excluding steroid dienone is 1. The highest BCUT2D eigenvalue weighted by atomic mass is 16.5. The number of aliphatic hydroxyl groups is 1. The Morgan fingerprint density at radius 2 is 2.04 bits per heavy atom. The zero-order valence-corrected chi connectivity index (χ0v) is 14.4. The second-order valence-corrected chi connectivity index (χ2v) is 6.34. The van der Waals surface area contributed by atoms with E-state index in [0.717, 1.165) is 0 Å². The van der Waals surface area contributed by atoms with Crippen LogP contribution in [0.5, 0.6) is 0 Å². The molecule has 0 amide bonds. The molecule has 0 radical (unpaired) electrons. The largest absolute Gasteiger partial charge is 0.507 e. The van der Waals surface area contributed by atoms with Crippen molar-refractivity contribution in [3.8, 4) is 5.82 Å². The van der Waals surface area contributed by atoms with Gasteiger partial charge in [-0.1, -0.05) is 5.16 Å². The summed E-state index contributed by atoms with van der Waals surface area (Å²) < 4.78 is 6.28. The Bertz CT molecular complexity index is 1190. The molecule has 0 aromatic carbocycles. The summed E-state index contributed by atoms with van der Waals surface area (Å²) in [6.45, 7) is 1.69. The van der Waals surface area contributed by atoms with Crippen LogP contribution in [0.25, 0.3) is 22.6 Å². The van der Waals surface area contributed by atoms with E-state index in [9.17, 15) is 19.5 Å². The number of Topliss-reactive ketones (excluding diaryl/α,β-unsaturated/α-hetero) is 2. The first-order valence-electron chi connectivity index (χ1n) is 8.42. The lowest BCUT2D eigenvalue weighted by atomic mass is 9.90. The van der Waals surface area contributed by atoms with Crippen molar-refractivity contribution in [3.63, 3.8) is 0 Å².